The first-order valence-corrected chi connectivity index (χ1v) is 4.03. The zero-order valence-electron chi connectivity index (χ0n) is 5.47. The van der Waals surface area contributed by atoms with Gasteiger partial charge >= 0.3 is 0 Å². The third kappa shape index (κ3) is 1.94. The predicted octanol–water partition coefficient (Wildman–Crippen LogP) is 2.41. The summed E-state index contributed by atoms with van der Waals surface area (Å²) in [4.78, 5) is 10.6. The van der Waals surface area contributed by atoms with Crippen molar-refractivity contribution in [1.82, 2.24) is 0 Å². The van der Waals surface area contributed by atoms with E-state index in [1.807, 2.05) is 0 Å². The molecule has 0 saturated carbocycles. The van der Waals surface area contributed by atoms with Crippen LogP contribution in [0.4, 0.5) is 5.69 Å². The number of benzene rings is 1. The van der Waals surface area contributed by atoms with Crippen molar-refractivity contribution in [3.8, 4) is 0 Å². The Morgan fingerprint density at radius 1 is 1.55 bits per heavy atom. The van der Waals surface area contributed by atoms with Crippen molar-refractivity contribution in [3.63, 3.8) is 0 Å². The van der Waals surface area contributed by atoms with Crippen molar-refractivity contribution < 1.29 is 4.79 Å². The summed E-state index contributed by atoms with van der Waals surface area (Å²) < 4.78 is 0.763. The van der Waals surface area contributed by atoms with E-state index in [0.717, 1.165) is 4.47 Å². The molecule has 1 aromatic carbocycles. The lowest BCUT2D eigenvalue weighted by Crippen LogP contribution is -1.92. The molecule has 0 radical (unpaired) electrons. The van der Waals surface area contributed by atoms with Crippen molar-refractivity contribution >= 4 is 38.5 Å². The first-order valence-electron chi connectivity index (χ1n) is 2.86. The van der Waals surface area contributed by atoms with Gasteiger partial charge in [-0.3, -0.25) is 4.79 Å². The Kier molecular flexibility index (Phi) is 2.52. The van der Waals surface area contributed by atoms with Gasteiger partial charge in [0.05, 0.1) is 0 Å². The molecule has 0 aliphatic rings. The Bertz CT molecular complexity index is 300. The standard InChI is InChI=1S/C7H5BrClNO/c8-5-2-1-4(7(9)11)3-6(5)10/h1-3H,10H2. The number of hydrogen-bond donors (Lipinski definition) is 1. The molecule has 1 aromatic rings. The SMILES string of the molecule is Nc1cc(C(=O)Cl)ccc1Br. The number of hydrogen-bond acceptors (Lipinski definition) is 2. The number of nitrogens with two attached hydrogens (primary N) is 1. The van der Waals surface area contributed by atoms with Crippen LogP contribution in [0.5, 0.6) is 0 Å². The van der Waals surface area contributed by atoms with Crippen LogP contribution in [0.1, 0.15) is 10.4 Å². The molecular weight excluding hydrogens is 229 g/mol. The Labute approximate surface area is 77.5 Å². The molecule has 2 N–H and O–H groups in total. The van der Waals surface area contributed by atoms with E-state index in [2.05, 4.69) is 15.9 Å². The van der Waals surface area contributed by atoms with E-state index in [1.54, 1.807) is 12.1 Å². The van der Waals surface area contributed by atoms with E-state index in [0.29, 0.717) is 11.3 Å². The van der Waals surface area contributed by atoms with Crippen molar-refractivity contribution in [2.24, 2.45) is 0 Å². The van der Waals surface area contributed by atoms with Crippen LogP contribution in [-0.2, 0) is 0 Å². The number of carbonyl (C=O) groups is 1. The van der Waals surface area contributed by atoms with Gasteiger partial charge in [0.1, 0.15) is 0 Å². The first kappa shape index (κ1) is 8.56. The molecule has 0 unspecified atom stereocenters. The molecule has 0 heterocycles. The van der Waals surface area contributed by atoms with Crippen LogP contribution in [0, 0.1) is 0 Å². The number of halogens is 2. The maximum Gasteiger partial charge on any atom is 0.252 e. The molecule has 0 spiro atoms. The molecule has 11 heavy (non-hydrogen) atoms. The van der Waals surface area contributed by atoms with E-state index in [1.165, 1.54) is 6.07 Å². The lowest BCUT2D eigenvalue weighted by atomic mass is 10.2. The molecule has 0 atom stereocenters. The fourth-order valence-electron chi connectivity index (χ4n) is 0.666. The molecule has 1 rings (SSSR count). The average molecular weight is 234 g/mol. The summed E-state index contributed by atoms with van der Waals surface area (Å²) >= 11 is 8.42. The number of anilines is 1. The van der Waals surface area contributed by atoms with Gasteiger partial charge in [0.2, 0.25) is 0 Å². The van der Waals surface area contributed by atoms with Gasteiger partial charge in [-0.05, 0) is 45.7 Å². The summed E-state index contributed by atoms with van der Waals surface area (Å²) in [5.74, 6) is 0. The summed E-state index contributed by atoms with van der Waals surface area (Å²) in [5.41, 5.74) is 6.42. The van der Waals surface area contributed by atoms with Gasteiger partial charge in [-0.15, -0.1) is 0 Å². The lowest BCUT2D eigenvalue weighted by Gasteiger charge is -1.98. The third-order valence-corrected chi connectivity index (χ3v) is 2.16. The molecule has 0 saturated heterocycles. The highest BCUT2D eigenvalue weighted by atomic mass is 79.9. The summed E-state index contributed by atoms with van der Waals surface area (Å²) in [7, 11) is 0. The van der Waals surface area contributed by atoms with E-state index < -0.39 is 5.24 Å². The molecule has 0 aromatic heterocycles. The van der Waals surface area contributed by atoms with E-state index in [4.69, 9.17) is 17.3 Å². The van der Waals surface area contributed by atoms with Gasteiger partial charge in [0.15, 0.2) is 0 Å². The van der Waals surface area contributed by atoms with Crippen LogP contribution < -0.4 is 5.73 Å². The zero-order valence-corrected chi connectivity index (χ0v) is 7.82. The van der Waals surface area contributed by atoms with Crippen molar-refractivity contribution in [3.05, 3.63) is 28.2 Å². The number of nitrogen functional groups attached to an aromatic ring is 1. The van der Waals surface area contributed by atoms with Crippen molar-refractivity contribution in [1.29, 1.82) is 0 Å². The third-order valence-electron chi connectivity index (χ3n) is 1.22. The van der Waals surface area contributed by atoms with E-state index in [-0.39, 0.29) is 0 Å². The zero-order chi connectivity index (χ0) is 8.43. The van der Waals surface area contributed by atoms with Gasteiger partial charge in [-0.25, -0.2) is 0 Å². The van der Waals surface area contributed by atoms with E-state index in [9.17, 15) is 4.79 Å². The smallest absolute Gasteiger partial charge is 0.252 e. The van der Waals surface area contributed by atoms with Crippen molar-refractivity contribution in [2.75, 3.05) is 5.73 Å². The number of carbonyl (C=O) groups excluding carboxylic acids is 1. The summed E-state index contributed by atoms with van der Waals surface area (Å²) in [6.07, 6.45) is 0. The molecule has 0 aliphatic carbocycles. The molecule has 58 valence electrons. The summed E-state index contributed by atoms with van der Waals surface area (Å²) in [6.45, 7) is 0. The average Bonchev–Trinajstić information content (AvgIpc) is 1.94. The predicted molar refractivity (Wildman–Crippen MR) is 48.7 cm³/mol. The van der Waals surface area contributed by atoms with Crippen LogP contribution in [0.2, 0.25) is 0 Å². The molecule has 0 bridgehead atoms. The second-order valence-electron chi connectivity index (χ2n) is 2.01. The molecular formula is C7H5BrClNO. The lowest BCUT2D eigenvalue weighted by molar-refractivity contribution is 0.108. The molecule has 0 amide bonds. The Morgan fingerprint density at radius 2 is 2.18 bits per heavy atom. The molecule has 0 fully saturated rings. The quantitative estimate of drug-likeness (QED) is 0.599. The maximum atomic E-state index is 10.6. The van der Waals surface area contributed by atoms with Crippen LogP contribution in [0.3, 0.4) is 0 Å². The minimum Gasteiger partial charge on any atom is -0.398 e. The van der Waals surface area contributed by atoms with E-state index >= 15 is 0 Å². The highest BCUT2D eigenvalue weighted by Crippen LogP contribution is 2.20. The normalized spacial score (nSPS) is 9.64. The van der Waals surface area contributed by atoms with Gasteiger partial charge < -0.3 is 5.73 Å². The van der Waals surface area contributed by atoms with Gasteiger partial charge in [0, 0.05) is 15.7 Å². The van der Waals surface area contributed by atoms with Gasteiger partial charge in [-0.2, -0.15) is 0 Å². The second-order valence-corrected chi connectivity index (χ2v) is 3.21. The van der Waals surface area contributed by atoms with Crippen LogP contribution >= 0.6 is 27.5 Å². The Morgan fingerprint density at radius 3 is 2.64 bits per heavy atom. The largest absolute Gasteiger partial charge is 0.398 e. The highest BCUT2D eigenvalue weighted by Gasteiger charge is 2.02. The second kappa shape index (κ2) is 3.24. The summed E-state index contributed by atoms with van der Waals surface area (Å²) in [5, 5.41) is -0.496. The summed E-state index contributed by atoms with van der Waals surface area (Å²) in [6, 6.07) is 4.82. The minimum atomic E-state index is -0.496. The fourth-order valence-corrected chi connectivity index (χ4v) is 1.03. The van der Waals surface area contributed by atoms with Gasteiger partial charge in [-0.1, -0.05) is 0 Å². The Hall–Kier alpha value is -0.540. The van der Waals surface area contributed by atoms with Crippen LogP contribution in [-0.4, -0.2) is 5.24 Å². The number of rotatable bonds is 1. The fraction of sp³-hybridized carbons (Fsp3) is 0. The Balaban J connectivity index is 3.15. The van der Waals surface area contributed by atoms with Crippen LogP contribution in [0.25, 0.3) is 0 Å². The molecule has 4 heteroatoms. The molecule has 2 nitrogen and oxygen atoms in total. The van der Waals surface area contributed by atoms with Crippen molar-refractivity contribution in [2.45, 2.75) is 0 Å². The minimum absolute atomic E-state index is 0.410. The topological polar surface area (TPSA) is 43.1 Å². The van der Waals surface area contributed by atoms with Crippen LogP contribution in [0.15, 0.2) is 22.7 Å². The maximum absolute atomic E-state index is 10.6. The monoisotopic (exact) mass is 233 g/mol. The highest BCUT2D eigenvalue weighted by molar-refractivity contribution is 9.10. The van der Waals surface area contributed by atoms with Gasteiger partial charge in [0.25, 0.3) is 5.24 Å². The first-order chi connectivity index (χ1) is 5.11. The molecule has 0 aliphatic heterocycles.